The molecule has 1 atom stereocenters. The number of fused-ring (bicyclic) bond motifs is 1. The molecule has 164 valence electrons. The second kappa shape index (κ2) is 8.64. The van der Waals surface area contributed by atoms with Crippen molar-refractivity contribution >= 4 is 29.3 Å². The Labute approximate surface area is 174 Å². The maximum Gasteiger partial charge on any atom is 0.437 e. The molecule has 0 radical (unpaired) electrons. The Kier molecular flexibility index (Phi) is 6.63. The number of ether oxygens (including phenoxy) is 3. The average Bonchev–Trinajstić information content (AvgIpc) is 3.00. The van der Waals surface area contributed by atoms with E-state index in [0.29, 0.717) is 11.2 Å². The Morgan fingerprint density at radius 1 is 1.07 bits per heavy atom. The zero-order chi connectivity index (χ0) is 22.7. The summed E-state index contributed by atoms with van der Waals surface area (Å²) in [6.45, 7) is 10.4. The van der Waals surface area contributed by atoms with Crippen molar-refractivity contribution in [2.24, 2.45) is 0 Å². The molecule has 1 amide bonds. The summed E-state index contributed by atoms with van der Waals surface area (Å²) in [5.74, 6) is -0.660. The molecule has 2 aromatic heterocycles. The van der Waals surface area contributed by atoms with E-state index in [4.69, 9.17) is 14.2 Å². The van der Waals surface area contributed by atoms with Crippen LogP contribution in [0.15, 0.2) is 12.4 Å². The third-order valence-electron chi connectivity index (χ3n) is 3.48. The minimum atomic E-state index is -1.03. The summed E-state index contributed by atoms with van der Waals surface area (Å²) in [4.78, 5) is 45.0. The van der Waals surface area contributed by atoms with Gasteiger partial charge in [0.15, 0.2) is 5.65 Å². The van der Waals surface area contributed by atoms with Gasteiger partial charge in [0.1, 0.15) is 22.8 Å². The highest BCUT2D eigenvalue weighted by molar-refractivity contribution is 5.83. The molecule has 0 fully saturated rings. The second-order valence-corrected chi connectivity index (χ2v) is 8.53. The number of hydrogen-bond acceptors (Lipinski definition) is 9. The first kappa shape index (κ1) is 23.0. The summed E-state index contributed by atoms with van der Waals surface area (Å²) < 4.78 is 16.2. The standard InChI is InChI=1S/C19H27N5O6/c1-18(2,3)29-16(26)23-12(15(25)28-7)8-11-9-20-14-13(22-11)10-21-24(14)17(27)30-19(4,5)6/h9-10,12H,8H2,1-7H3,(H,23,26)/t12-/m0/s1. The van der Waals surface area contributed by atoms with E-state index in [1.54, 1.807) is 41.5 Å². The Balaban J connectivity index is 2.21. The molecule has 30 heavy (non-hydrogen) atoms. The molecule has 2 heterocycles. The number of methoxy groups -OCH3 is 1. The van der Waals surface area contributed by atoms with Crippen molar-refractivity contribution in [1.82, 2.24) is 25.1 Å². The van der Waals surface area contributed by atoms with Crippen LogP contribution in [-0.4, -0.2) is 62.3 Å². The molecule has 1 N–H and O–H groups in total. The van der Waals surface area contributed by atoms with Crippen LogP contribution in [-0.2, 0) is 25.4 Å². The van der Waals surface area contributed by atoms with Gasteiger partial charge in [-0.1, -0.05) is 0 Å². The second-order valence-electron chi connectivity index (χ2n) is 8.53. The molecule has 0 saturated heterocycles. The molecule has 0 aliphatic heterocycles. The van der Waals surface area contributed by atoms with Crippen molar-refractivity contribution in [3.05, 3.63) is 18.1 Å². The zero-order valence-corrected chi connectivity index (χ0v) is 18.2. The number of carbonyl (C=O) groups excluding carboxylic acids is 3. The van der Waals surface area contributed by atoms with Gasteiger partial charge in [-0.15, -0.1) is 4.68 Å². The van der Waals surface area contributed by atoms with Gasteiger partial charge in [-0.05, 0) is 41.5 Å². The van der Waals surface area contributed by atoms with Crippen molar-refractivity contribution in [1.29, 1.82) is 0 Å². The van der Waals surface area contributed by atoms with E-state index in [9.17, 15) is 14.4 Å². The van der Waals surface area contributed by atoms with Crippen LogP contribution in [0.3, 0.4) is 0 Å². The molecule has 0 aliphatic rings. The number of aromatic nitrogens is 4. The van der Waals surface area contributed by atoms with Gasteiger partial charge < -0.3 is 19.5 Å². The molecule has 11 heteroatoms. The lowest BCUT2D eigenvalue weighted by atomic mass is 10.1. The lowest BCUT2D eigenvalue weighted by molar-refractivity contribution is -0.143. The van der Waals surface area contributed by atoms with E-state index >= 15 is 0 Å². The molecule has 0 spiro atoms. The SMILES string of the molecule is COC(=O)[C@H](Cc1cnc2c(cnn2C(=O)OC(C)(C)C)n1)NC(=O)OC(C)(C)C. The lowest BCUT2D eigenvalue weighted by Gasteiger charge is -2.22. The van der Waals surface area contributed by atoms with Gasteiger partial charge in [0.25, 0.3) is 0 Å². The smallest absolute Gasteiger partial charge is 0.437 e. The van der Waals surface area contributed by atoms with Gasteiger partial charge in [-0.3, -0.25) is 0 Å². The number of nitrogens with zero attached hydrogens (tertiary/aromatic N) is 4. The van der Waals surface area contributed by atoms with E-state index in [0.717, 1.165) is 4.68 Å². The summed E-state index contributed by atoms with van der Waals surface area (Å²) in [5, 5.41) is 6.45. The van der Waals surface area contributed by atoms with Crippen LogP contribution < -0.4 is 5.32 Å². The largest absolute Gasteiger partial charge is 0.467 e. The van der Waals surface area contributed by atoms with Crippen LogP contribution in [0.4, 0.5) is 9.59 Å². The van der Waals surface area contributed by atoms with E-state index in [1.807, 2.05) is 0 Å². The fraction of sp³-hybridized carbons (Fsp3) is 0.579. The Bertz CT molecular complexity index is 941. The molecule has 11 nitrogen and oxygen atoms in total. The molecular weight excluding hydrogens is 394 g/mol. The van der Waals surface area contributed by atoms with Crippen LogP contribution in [0.2, 0.25) is 0 Å². The predicted molar refractivity (Wildman–Crippen MR) is 106 cm³/mol. The maximum atomic E-state index is 12.2. The summed E-state index contributed by atoms with van der Waals surface area (Å²) >= 11 is 0. The lowest BCUT2D eigenvalue weighted by Crippen LogP contribution is -2.45. The summed E-state index contributed by atoms with van der Waals surface area (Å²) in [6.07, 6.45) is 1.32. The van der Waals surface area contributed by atoms with Gasteiger partial charge in [-0.25, -0.2) is 24.4 Å². The van der Waals surface area contributed by atoms with Crippen LogP contribution in [0.1, 0.15) is 47.2 Å². The van der Waals surface area contributed by atoms with Crippen molar-refractivity contribution in [2.45, 2.75) is 65.2 Å². The fourth-order valence-electron chi connectivity index (χ4n) is 2.38. The fourth-order valence-corrected chi connectivity index (χ4v) is 2.38. The first-order valence-corrected chi connectivity index (χ1v) is 9.29. The average molecular weight is 421 g/mol. The molecule has 0 unspecified atom stereocenters. The zero-order valence-electron chi connectivity index (χ0n) is 18.2. The van der Waals surface area contributed by atoms with E-state index in [2.05, 4.69) is 20.4 Å². The molecule has 2 rings (SSSR count). The summed E-state index contributed by atoms with van der Waals surface area (Å²) in [7, 11) is 1.21. The summed E-state index contributed by atoms with van der Waals surface area (Å²) in [5.41, 5.74) is -0.483. The summed E-state index contributed by atoms with van der Waals surface area (Å²) in [6, 6.07) is -1.03. The Morgan fingerprint density at radius 3 is 2.27 bits per heavy atom. The quantitative estimate of drug-likeness (QED) is 0.582. The first-order chi connectivity index (χ1) is 13.8. The van der Waals surface area contributed by atoms with Gasteiger partial charge in [0, 0.05) is 6.42 Å². The highest BCUT2D eigenvalue weighted by atomic mass is 16.6. The Hall–Kier alpha value is -3.24. The highest BCUT2D eigenvalue weighted by Crippen LogP contribution is 2.14. The minimum absolute atomic E-state index is 0.00642. The van der Waals surface area contributed by atoms with Crippen molar-refractivity contribution in [3.63, 3.8) is 0 Å². The van der Waals surface area contributed by atoms with Gasteiger partial charge >= 0.3 is 18.2 Å². The number of rotatable bonds is 4. The van der Waals surface area contributed by atoms with Gasteiger partial charge in [0.05, 0.1) is 25.2 Å². The Morgan fingerprint density at radius 2 is 1.70 bits per heavy atom. The highest BCUT2D eigenvalue weighted by Gasteiger charge is 2.27. The van der Waals surface area contributed by atoms with E-state index < -0.39 is 35.4 Å². The van der Waals surface area contributed by atoms with Crippen LogP contribution in [0.25, 0.3) is 11.2 Å². The third kappa shape index (κ3) is 6.39. The number of esters is 1. The molecule has 0 bridgehead atoms. The maximum absolute atomic E-state index is 12.2. The number of carbonyl (C=O) groups is 3. The van der Waals surface area contributed by atoms with E-state index in [-0.39, 0.29) is 12.1 Å². The van der Waals surface area contributed by atoms with Crippen molar-refractivity contribution in [3.8, 4) is 0 Å². The topological polar surface area (TPSA) is 135 Å². The minimum Gasteiger partial charge on any atom is -0.467 e. The number of alkyl carbamates (subject to hydrolysis) is 1. The monoisotopic (exact) mass is 421 g/mol. The predicted octanol–water partition coefficient (Wildman–Crippen LogP) is 2.22. The third-order valence-corrected chi connectivity index (χ3v) is 3.48. The number of nitrogens with one attached hydrogen (secondary N) is 1. The normalized spacial score (nSPS) is 12.9. The van der Waals surface area contributed by atoms with Crippen LogP contribution in [0, 0.1) is 0 Å². The number of amides is 1. The molecular formula is C19H27N5O6. The first-order valence-electron chi connectivity index (χ1n) is 9.29. The molecule has 2 aromatic rings. The number of hydrogen-bond donors (Lipinski definition) is 1. The molecule has 0 aromatic carbocycles. The van der Waals surface area contributed by atoms with Crippen molar-refractivity contribution in [2.75, 3.05) is 7.11 Å². The van der Waals surface area contributed by atoms with Gasteiger partial charge in [-0.2, -0.15) is 5.10 Å². The molecule has 0 aliphatic carbocycles. The van der Waals surface area contributed by atoms with Crippen molar-refractivity contribution < 1.29 is 28.6 Å². The van der Waals surface area contributed by atoms with Crippen LogP contribution >= 0.6 is 0 Å². The van der Waals surface area contributed by atoms with E-state index in [1.165, 1.54) is 19.5 Å². The van der Waals surface area contributed by atoms with Crippen LogP contribution in [0.5, 0.6) is 0 Å². The van der Waals surface area contributed by atoms with Gasteiger partial charge in [0.2, 0.25) is 0 Å². The molecule has 0 saturated carbocycles.